The van der Waals surface area contributed by atoms with Gasteiger partial charge in [0, 0.05) is 24.0 Å². The quantitative estimate of drug-likeness (QED) is 0.581. The van der Waals surface area contributed by atoms with Gasteiger partial charge in [-0.2, -0.15) is 5.10 Å². The van der Waals surface area contributed by atoms with Crippen LogP contribution < -0.4 is 0 Å². The Labute approximate surface area is 157 Å². The van der Waals surface area contributed by atoms with Crippen molar-refractivity contribution in [2.75, 3.05) is 0 Å². The minimum Gasteiger partial charge on any atom is -0.330 e. The zero-order valence-corrected chi connectivity index (χ0v) is 15.1. The number of H-pyrrole nitrogens is 1. The van der Waals surface area contributed by atoms with Crippen molar-refractivity contribution in [3.05, 3.63) is 89.1 Å². The number of carbonyl (C=O) groups excluding carboxylic acids is 1. The molecule has 2 heterocycles. The number of fused-ring (bicyclic) bond motifs is 2. The molecule has 1 N–H and O–H groups in total. The number of aryl methyl sites for hydroxylation is 1. The van der Waals surface area contributed by atoms with Gasteiger partial charge in [-0.25, -0.2) is 0 Å². The van der Waals surface area contributed by atoms with Gasteiger partial charge in [0.2, 0.25) is 0 Å². The first kappa shape index (κ1) is 15.8. The van der Waals surface area contributed by atoms with Gasteiger partial charge >= 0.3 is 0 Å². The molecule has 0 saturated carbocycles. The predicted octanol–water partition coefficient (Wildman–Crippen LogP) is 4.69. The Morgan fingerprint density at radius 2 is 1.85 bits per heavy atom. The molecule has 4 heteroatoms. The largest absolute Gasteiger partial charge is 0.330 e. The maximum atomic E-state index is 12.5. The van der Waals surface area contributed by atoms with E-state index >= 15 is 0 Å². The first-order chi connectivity index (χ1) is 13.2. The average Bonchev–Trinajstić information content (AvgIpc) is 3.28. The zero-order chi connectivity index (χ0) is 18.4. The van der Waals surface area contributed by atoms with Crippen molar-refractivity contribution in [3.63, 3.8) is 0 Å². The van der Waals surface area contributed by atoms with Crippen molar-refractivity contribution in [2.24, 2.45) is 0 Å². The predicted molar refractivity (Wildman–Crippen MR) is 106 cm³/mol. The molecule has 0 radical (unpaired) electrons. The molecule has 0 saturated heterocycles. The molecule has 1 aliphatic rings. The van der Waals surface area contributed by atoms with Gasteiger partial charge in [0.25, 0.3) is 5.91 Å². The Morgan fingerprint density at radius 3 is 2.67 bits per heavy atom. The van der Waals surface area contributed by atoms with Gasteiger partial charge < -0.3 is 4.90 Å². The number of nitrogens with one attached hydrogen (secondary N) is 1. The van der Waals surface area contributed by atoms with Crippen molar-refractivity contribution in [3.8, 4) is 11.1 Å². The van der Waals surface area contributed by atoms with Crippen LogP contribution in [0.4, 0.5) is 0 Å². The molecule has 132 valence electrons. The summed E-state index contributed by atoms with van der Waals surface area (Å²) >= 11 is 0. The van der Waals surface area contributed by atoms with E-state index in [1.165, 1.54) is 11.1 Å². The van der Waals surface area contributed by atoms with Crippen LogP contribution in [0.3, 0.4) is 0 Å². The highest BCUT2D eigenvalue weighted by atomic mass is 16.2. The summed E-state index contributed by atoms with van der Waals surface area (Å²) in [6.45, 7) is 3.42. The highest BCUT2D eigenvalue weighted by Gasteiger charge is 2.26. The molecule has 0 spiro atoms. The van der Waals surface area contributed by atoms with Gasteiger partial charge in [-0.3, -0.25) is 9.89 Å². The number of rotatable bonds is 3. The fourth-order valence-electron chi connectivity index (χ4n) is 3.86. The number of benzene rings is 3. The summed E-state index contributed by atoms with van der Waals surface area (Å²) in [5, 5.41) is 8.33. The molecule has 5 rings (SSSR count). The second-order valence-electron chi connectivity index (χ2n) is 7.14. The van der Waals surface area contributed by atoms with E-state index in [-0.39, 0.29) is 5.91 Å². The molecule has 1 aromatic heterocycles. The van der Waals surface area contributed by atoms with Crippen LogP contribution in [0.1, 0.15) is 27.0 Å². The van der Waals surface area contributed by atoms with E-state index < -0.39 is 0 Å². The van der Waals surface area contributed by atoms with Gasteiger partial charge in [0.15, 0.2) is 0 Å². The van der Waals surface area contributed by atoms with Crippen LogP contribution in [-0.4, -0.2) is 21.0 Å². The van der Waals surface area contributed by atoms with Crippen LogP contribution in [-0.2, 0) is 13.1 Å². The summed E-state index contributed by atoms with van der Waals surface area (Å²) in [7, 11) is 0. The Balaban J connectivity index is 1.38. The molecule has 4 aromatic rings. The van der Waals surface area contributed by atoms with Crippen LogP contribution >= 0.6 is 0 Å². The molecule has 27 heavy (non-hydrogen) atoms. The normalized spacial score (nSPS) is 13.4. The number of amides is 1. The van der Waals surface area contributed by atoms with Gasteiger partial charge in [0.05, 0.1) is 11.7 Å². The highest BCUT2D eigenvalue weighted by Crippen LogP contribution is 2.28. The summed E-state index contributed by atoms with van der Waals surface area (Å²) in [6, 6.07) is 20.6. The van der Waals surface area contributed by atoms with E-state index in [1.807, 2.05) is 35.4 Å². The first-order valence-electron chi connectivity index (χ1n) is 9.09. The van der Waals surface area contributed by atoms with Crippen molar-refractivity contribution in [1.82, 2.24) is 15.1 Å². The van der Waals surface area contributed by atoms with E-state index in [0.717, 1.165) is 33.2 Å². The van der Waals surface area contributed by atoms with Gasteiger partial charge in [-0.15, -0.1) is 0 Å². The van der Waals surface area contributed by atoms with Gasteiger partial charge in [-0.05, 0) is 46.9 Å². The monoisotopic (exact) mass is 353 g/mol. The molecular weight excluding hydrogens is 334 g/mol. The van der Waals surface area contributed by atoms with Crippen LogP contribution in [0.15, 0.2) is 66.9 Å². The summed E-state index contributed by atoms with van der Waals surface area (Å²) in [5.74, 6) is 0.120. The average molecular weight is 353 g/mol. The first-order valence-corrected chi connectivity index (χ1v) is 9.09. The van der Waals surface area contributed by atoms with E-state index in [9.17, 15) is 4.79 Å². The topological polar surface area (TPSA) is 49.0 Å². The molecule has 4 nitrogen and oxygen atoms in total. The fourth-order valence-corrected chi connectivity index (χ4v) is 3.86. The molecule has 1 amide bonds. The van der Waals surface area contributed by atoms with Gasteiger partial charge in [0.1, 0.15) is 0 Å². The fraction of sp³-hybridized carbons (Fsp3) is 0.130. The summed E-state index contributed by atoms with van der Waals surface area (Å²) in [4.78, 5) is 14.4. The lowest BCUT2D eigenvalue weighted by Gasteiger charge is -2.16. The summed E-state index contributed by atoms with van der Waals surface area (Å²) in [5.41, 5.74) is 7.67. The number of aromatic nitrogens is 2. The Kier molecular flexibility index (Phi) is 3.57. The molecular formula is C23H19N3O. The number of hydrogen-bond acceptors (Lipinski definition) is 2. The maximum absolute atomic E-state index is 12.5. The Morgan fingerprint density at radius 1 is 1.04 bits per heavy atom. The van der Waals surface area contributed by atoms with Crippen molar-refractivity contribution in [1.29, 1.82) is 0 Å². The second kappa shape index (κ2) is 6.09. The second-order valence-corrected chi connectivity index (χ2v) is 7.14. The van der Waals surface area contributed by atoms with Crippen molar-refractivity contribution >= 4 is 16.8 Å². The lowest BCUT2D eigenvalue weighted by Crippen LogP contribution is -2.23. The van der Waals surface area contributed by atoms with E-state index in [4.69, 9.17) is 0 Å². The van der Waals surface area contributed by atoms with E-state index in [1.54, 1.807) is 0 Å². The standard InChI is InChI=1S/C23H19N3O/c1-15-10-19(11-22-21(15)12-24-25-22)17-8-6-16(7-9-17)13-26-14-18-4-2-3-5-20(18)23(26)27/h2-12H,13-14H2,1H3,(H,24,25). The molecule has 0 aliphatic carbocycles. The molecule has 0 unspecified atom stereocenters. The number of carbonyl (C=O) groups is 1. The number of hydrogen-bond donors (Lipinski definition) is 1. The van der Waals surface area contributed by atoms with Crippen LogP contribution in [0, 0.1) is 6.92 Å². The molecule has 0 atom stereocenters. The Hall–Kier alpha value is -3.40. The molecule has 0 bridgehead atoms. The number of aromatic amines is 1. The number of nitrogens with zero attached hydrogens (tertiary/aromatic N) is 2. The smallest absolute Gasteiger partial charge is 0.254 e. The van der Waals surface area contributed by atoms with E-state index in [0.29, 0.717) is 13.1 Å². The van der Waals surface area contributed by atoms with E-state index in [2.05, 4.69) is 53.5 Å². The minimum atomic E-state index is 0.120. The Bertz CT molecular complexity index is 1160. The van der Waals surface area contributed by atoms with Crippen molar-refractivity contribution < 1.29 is 4.79 Å². The molecule has 3 aromatic carbocycles. The van der Waals surface area contributed by atoms with Crippen LogP contribution in [0.5, 0.6) is 0 Å². The third-order valence-electron chi connectivity index (χ3n) is 5.32. The highest BCUT2D eigenvalue weighted by molar-refractivity contribution is 5.98. The van der Waals surface area contributed by atoms with Crippen molar-refractivity contribution in [2.45, 2.75) is 20.0 Å². The SMILES string of the molecule is Cc1cc(-c2ccc(CN3Cc4ccccc4C3=O)cc2)cc2[nH]ncc12. The molecule has 0 fully saturated rings. The third kappa shape index (κ3) is 2.70. The lowest BCUT2D eigenvalue weighted by molar-refractivity contribution is 0.0766. The zero-order valence-electron chi connectivity index (χ0n) is 15.1. The minimum absolute atomic E-state index is 0.120. The molecule has 1 aliphatic heterocycles. The van der Waals surface area contributed by atoms with Crippen LogP contribution in [0.2, 0.25) is 0 Å². The maximum Gasteiger partial charge on any atom is 0.254 e. The summed E-state index contributed by atoms with van der Waals surface area (Å²) in [6.07, 6.45) is 1.86. The van der Waals surface area contributed by atoms with Gasteiger partial charge in [-0.1, -0.05) is 48.5 Å². The van der Waals surface area contributed by atoms with Crippen LogP contribution in [0.25, 0.3) is 22.0 Å². The lowest BCUT2D eigenvalue weighted by atomic mass is 10.00. The third-order valence-corrected chi connectivity index (χ3v) is 5.32. The summed E-state index contributed by atoms with van der Waals surface area (Å²) < 4.78 is 0.